The third-order valence-corrected chi connectivity index (χ3v) is 4.53. The molecule has 0 bridgehead atoms. The standard InChI is InChI=1S/C20H28N4O3.HI/c25-19(16-6-9-21-10-7-16)15-24-20(22-11-8-17-5-3-13-26-17)23-14-18-4-1-2-12-27-18;/h3,5-7,9-10,13,18-19,25H,1-2,4,8,11-12,14-15H2,(H2,22,23,24);1H. The summed E-state index contributed by atoms with van der Waals surface area (Å²) in [5.74, 6) is 1.60. The zero-order valence-electron chi connectivity index (χ0n) is 15.9. The summed E-state index contributed by atoms with van der Waals surface area (Å²) in [5.41, 5.74) is 0.805. The molecule has 3 heterocycles. The molecule has 0 saturated carbocycles. The van der Waals surface area contributed by atoms with E-state index in [2.05, 4.69) is 20.6 Å². The molecule has 1 aliphatic heterocycles. The molecule has 0 aromatic carbocycles. The van der Waals surface area contributed by atoms with Crippen LogP contribution < -0.4 is 10.6 Å². The lowest BCUT2D eigenvalue weighted by Crippen LogP contribution is -2.43. The summed E-state index contributed by atoms with van der Waals surface area (Å²) in [6, 6.07) is 7.43. The van der Waals surface area contributed by atoms with Gasteiger partial charge in [0.05, 0.1) is 25.0 Å². The minimum atomic E-state index is -0.664. The first-order valence-corrected chi connectivity index (χ1v) is 9.55. The van der Waals surface area contributed by atoms with Gasteiger partial charge >= 0.3 is 0 Å². The molecule has 8 heteroatoms. The minimum Gasteiger partial charge on any atom is -0.469 e. The van der Waals surface area contributed by atoms with Gasteiger partial charge in [0.1, 0.15) is 5.76 Å². The molecular formula is C20H29IN4O3. The van der Waals surface area contributed by atoms with Crippen LogP contribution in [0.15, 0.2) is 52.3 Å². The summed E-state index contributed by atoms with van der Waals surface area (Å²) >= 11 is 0. The molecule has 0 radical (unpaired) electrons. The fourth-order valence-electron chi connectivity index (χ4n) is 2.98. The summed E-state index contributed by atoms with van der Waals surface area (Å²) in [6.45, 7) is 2.49. The predicted octanol–water partition coefficient (Wildman–Crippen LogP) is 2.67. The average Bonchev–Trinajstić information content (AvgIpc) is 3.24. The smallest absolute Gasteiger partial charge is 0.191 e. The molecule has 3 N–H and O–H groups in total. The van der Waals surface area contributed by atoms with Crippen LogP contribution in [0.5, 0.6) is 0 Å². The van der Waals surface area contributed by atoms with Gasteiger partial charge in [0.2, 0.25) is 0 Å². The van der Waals surface area contributed by atoms with Crippen molar-refractivity contribution in [2.45, 2.75) is 37.9 Å². The van der Waals surface area contributed by atoms with E-state index in [0.717, 1.165) is 37.2 Å². The third kappa shape index (κ3) is 7.76. The van der Waals surface area contributed by atoms with Crippen LogP contribution in [-0.4, -0.2) is 48.4 Å². The fourth-order valence-corrected chi connectivity index (χ4v) is 2.98. The number of aliphatic hydroxyl groups is 1. The summed E-state index contributed by atoms with van der Waals surface area (Å²) in [6.07, 6.45) is 8.72. The van der Waals surface area contributed by atoms with Gasteiger partial charge in [-0.25, -0.2) is 0 Å². The summed E-state index contributed by atoms with van der Waals surface area (Å²) < 4.78 is 11.1. The Kier molecular flexibility index (Phi) is 10.3. The number of ether oxygens (including phenoxy) is 1. The second-order valence-electron chi connectivity index (χ2n) is 6.61. The maximum atomic E-state index is 10.3. The molecule has 1 saturated heterocycles. The Labute approximate surface area is 183 Å². The number of aliphatic imine (C=N–C) groups is 1. The Morgan fingerprint density at radius 3 is 2.82 bits per heavy atom. The molecule has 28 heavy (non-hydrogen) atoms. The molecule has 0 spiro atoms. The maximum Gasteiger partial charge on any atom is 0.191 e. The van der Waals surface area contributed by atoms with Crippen LogP contribution >= 0.6 is 24.0 Å². The van der Waals surface area contributed by atoms with Crippen LogP contribution in [0.3, 0.4) is 0 Å². The molecule has 3 rings (SSSR count). The molecule has 2 atom stereocenters. The van der Waals surface area contributed by atoms with Gasteiger partial charge in [0, 0.05) is 38.5 Å². The quantitative estimate of drug-likeness (QED) is 0.293. The number of hydrogen-bond acceptors (Lipinski definition) is 5. The van der Waals surface area contributed by atoms with E-state index >= 15 is 0 Å². The lowest BCUT2D eigenvalue weighted by Gasteiger charge is -2.24. The normalized spacial score (nSPS) is 18.2. The van der Waals surface area contributed by atoms with Crippen molar-refractivity contribution in [3.8, 4) is 0 Å². The number of hydrogen-bond donors (Lipinski definition) is 3. The SMILES string of the molecule is I.OC(CN=C(NCCc1ccco1)NCC1CCCCO1)c1ccncc1. The van der Waals surface area contributed by atoms with Gasteiger partial charge in [-0.2, -0.15) is 0 Å². The first kappa shape index (κ1) is 22.6. The average molecular weight is 500 g/mol. The second-order valence-corrected chi connectivity index (χ2v) is 6.61. The van der Waals surface area contributed by atoms with Crippen LogP contribution in [-0.2, 0) is 11.2 Å². The fraction of sp³-hybridized carbons (Fsp3) is 0.500. The molecule has 1 fully saturated rings. The van der Waals surface area contributed by atoms with Crippen molar-refractivity contribution < 1.29 is 14.3 Å². The van der Waals surface area contributed by atoms with Crippen molar-refractivity contribution in [1.82, 2.24) is 15.6 Å². The molecule has 154 valence electrons. The Hall–Kier alpha value is -1.65. The highest BCUT2D eigenvalue weighted by atomic mass is 127. The number of rotatable bonds is 8. The number of nitrogens with one attached hydrogen (secondary N) is 2. The van der Waals surface area contributed by atoms with Crippen LogP contribution in [0.1, 0.15) is 36.7 Å². The predicted molar refractivity (Wildman–Crippen MR) is 119 cm³/mol. The first-order chi connectivity index (χ1) is 13.3. The molecule has 2 aromatic heterocycles. The van der Waals surface area contributed by atoms with Gasteiger partial charge in [-0.15, -0.1) is 24.0 Å². The number of nitrogens with zero attached hydrogens (tertiary/aromatic N) is 2. The van der Waals surface area contributed by atoms with Crippen LogP contribution in [0.4, 0.5) is 0 Å². The Balaban J connectivity index is 0.00000280. The summed E-state index contributed by atoms with van der Waals surface area (Å²) in [7, 11) is 0. The largest absolute Gasteiger partial charge is 0.469 e. The van der Waals surface area contributed by atoms with E-state index in [0.29, 0.717) is 19.0 Å². The second kappa shape index (κ2) is 12.7. The van der Waals surface area contributed by atoms with E-state index < -0.39 is 6.10 Å². The molecular weight excluding hydrogens is 471 g/mol. The van der Waals surface area contributed by atoms with Crippen LogP contribution in [0.25, 0.3) is 0 Å². The van der Waals surface area contributed by atoms with E-state index in [1.807, 2.05) is 12.1 Å². The van der Waals surface area contributed by atoms with Crippen molar-refractivity contribution in [3.05, 3.63) is 54.2 Å². The third-order valence-electron chi connectivity index (χ3n) is 4.53. The maximum absolute atomic E-state index is 10.3. The molecule has 2 aromatic rings. The summed E-state index contributed by atoms with van der Waals surface area (Å²) in [5, 5.41) is 17.0. The Bertz CT molecular complexity index is 676. The lowest BCUT2D eigenvalue weighted by molar-refractivity contribution is 0.0194. The van der Waals surface area contributed by atoms with Crippen molar-refractivity contribution in [3.63, 3.8) is 0 Å². The molecule has 1 aliphatic rings. The first-order valence-electron chi connectivity index (χ1n) is 9.55. The Morgan fingerprint density at radius 2 is 2.11 bits per heavy atom. The lowest BCUT2D eigenvalue weighted by atomic mass is 10.1. The van der Waals surface area contributed by atoms with Gasteiger partial charge in [-0.1, -0.05) is 0 Å². The number of aliphatic hydroxyl groups excluding tert-OH is 1. The zero-order chi connectivity index (χ0) is 18.7. The number of halogens is 1. The van der Waals surface area contributed by atoms with Crippen LogP contribution in [0, 0.1) is 0 Å². The van der Waals surface area contributed by atoms with Gasteiger partial charge < -0.3 is 24.9 Å². The monoisotopic (exact) mass is 500 g/mol. The molecule has 0 amide bonds. The van der Waals surface area contributed by atoms with E-state index in [4.69, 9.17) is 9.15 Å². The number of pyridine rings is 1. The zero-order valence-corrected chi connectivity index (χ0v) is 18.2. The highest BCUT2D eigenvalue weighted by molar-refractivity contribution is 14.0. The highest BCUT2D eigenvalue weighted by Crippen LogP contribution is 2.12. The summed E-state index contributed by atoms with van der Waals surface area (Å²) in [4.78, 5) is 8.52. The highest BCUT2D eigenvalue weighted by Gasteiger charge is 2.14. The van der Waals surface area contributed by atoms with Crippen molar-refractivity contribution in [2.24, 2.45) is 4.99 Å². The minimum absolute atomic E-state index is 0. The van der Waals surface area contributed by atoms with Crippen LogP contribution in [0.2, 0.25) is 0 Å². The number of aromatic nitrogens is 1. The Morgan fingerprint density at radius 1 is 1.25 bits per heavy atom. The van der Waals surface area contributed by atoms with Crippen molar-refractivity contribution in [1.29, 1.82) is 0 Å². The number of furan rings is 1. The van der Waals surface area contributed by atoms with Crippen molar-refractivity contribution >= 4 is 29.9 Å². The van der Waals surface area contributed by atoms with Gasteiger partial charge in [0.15, 0.2) is 5.96 Å². The van der Waals surface area contributed by atoms with Gasteiger partial charge in [-0.05, 0) is 49.1 Å². The van der Waals surface area contributed by atoms with Gasteiger partial charge in [0.25, 0.3) is 0 Å². The van der Waals surface area contributed by atoms with E-state index in [9.17, 15) is 5.11 Å². The molecule has 7 nitrogen and oxygen atoms in total. The van der Waals surface area contributed by atoms with E-state index in [-0.39, 0.29) is 36.6 Å². The van der Waals surface area contributed by atoms with E-state index in [1.54, 1.807) is 30.8 Å². The number of guanidine groups is 1. The van der Waals surface area contributed by atoms with Gasteiger partial charge in [-0.3, -0.25) is 9.98 Å². The van der Waals surface area contributed by atoms with E-state index in [1.165, 1.54) is 6.42 Å². The van der Waals surface area contributed by atoms with Crippen molar-refractivity contribution in [2.75, 3.05) is 26.2 Å². The topological polar surface area (TPSA) is 91.9 Å². The molecule has 0 aliphatic carbocycles. The molecule has 2 unspecified atom stereocenters.